The first-order valence-electron chi connectivity index (χ1n) is 18.7. The van der Waals surface area contributed by atoms with Crippen molar-refractivity contribution in [2.75, 3.05) is 29.9 Å². The number of carbonyl (C=O) groups is 1. The van der Waals surface area contributed by atoms with E-state index in [1.54, 1.807) is 0 Å². The average molecular weight is 666 g/mol. The maximum atomic E-state index is 12.3. The summed E-state index contributed by atoms with van der Waals surface area (Å²) >= 11 is 0. The maximum absolute atomic E-state index is 12.3. The first-order chi connectivity index (χ1) is 23.6. The summed E-state index contributed by atoms with van der Waals surface area (Å²) in [5, 5.41) is 6.35. The van der Waals surface area contributed by atoms with Crippen LogP contribution in [0.15, 0.2) is 85.5 Å². The summed E-state index contributed by atoms with van der Waals surface area (Å²) in [6.07, 6.45) is 13.6. The highest BCUT2D eigenvalue weighted by Gasteiger charge is 2.11. The Labute approximate surface area is 300 Å². The molecule has 0 bridgehead atoms. The van der Waals surface area contributed by atoms with Gasteiger partial charge in [0.2, 0.25) is 0 Å². The molecule has 3 aromatic carbocycles. The van der Waals surface area contributed by atoms with Crippen molar-refractivity contribution in [2.24, 2.45) is 0 Å². The molecular weight excluding hydrogens is 599 g/mol. The van der Waals surface area contributed by atoms with Crippen molar-refractivity contribution in [3.63, 3.8) is 0 Å². The second-order valence-electron chi connectivity index (χ2n) is 12.6. The lowest BCUT2D eigenvalue weighted by Crippen LogP contribution is -2.25. The van der Waals surface area contributed by atoms with E-state index in [0.29, 0.717) is 12.1 Å². The molecular formula is C45H67N3O. The van der Waals surface area contributed by atoms with Crippen LogP contribution in [-0.2, 0) is 6.42 Å². The van der Waals surface area contributed by atoms with Crippen LogP contribution in [0, 0.1) is 13.8 Å². The smallest absolute Gasteiger partial charge is 0.251 e. The van der Waals surface area contributed by atoms with E-state index < -0.39 is 0 Å². The number of rotatable bonds is 15. The minimum absolute atomic E-state index is 0.0317. The number of carbonyl (C=O) groups excluding carboxylic acids is 1. The van der Waals surface area contributed by atoms with Crippen LogP contribution in [0.25, 0.3) is 11.8 Å². The molecule has 1 aliphatic rings. The average Bonchev–Trinajstić information content (AvgIpc) is 3.58. The third-order valence-corrected chi connectivity index (χ3v) is 8.13. The standard InChI is InChI=1S/C23H26N2O.C13H21N.C7H14.C2H6/c1-4-5-13-24-23(26)21-10-9-16(2)22(15-21)25-17(3)19-12-11-18-7-6-8-20(18)14-19;1-4-10-14(11-5-2)13-9-7-6-8-12(13)3;1-4-5-6-7(2)3;1-2/h6-7,9-12,14-15,25H,3-5,8,13H2,1-2H3,(H,24,26);6-9H,4-5,10-11H2,1-3H3;2,4-6H2,1,3H3;1-2H3. The van der Waals surface area contributed by atoms with E-state index in [0.717, 1.165) is 41.8 Å². The van der Waals surface area contributed by atoms with Gasteiger partial charge in [0.25, 0.3) is 5.91 Å². The van der Waals surface area contributed by atoms with Gasteiger partial charge in [-0.15, -0.1) is 6.58 Å². The first-order valence-corrected chi connectivity index (χ1v) is 18.7. The fraction of sp³-hybridized carbons (Fsp3) is 0.444. The summed E-state index contributed by atoms with van der Waals surface area (Å²) in [5.41, 5.74) is 11.3. The summed E-state index contributed by atoms with van der Waals surface area (Å²) in [5.74, 6) is -0.0317. The molecule has 268 valence electrons. The van der Waals surface area contributed by atoms with Gasteiger partial charge in [-0.3, -0.25) is 4.79 Å². The zero-order chi connectivity index (χ0) is 36.6. The zero-order valence-electron chi connectivity index (χ0n) is 32.5. The van der Waals surface area contributed by atoms with Gasteiger partial charge in [0.15, 0.2) is 0 Å². The topological polar surface area (TPSA) is 44.4 Å². The lowest BCUT2D eigenvalue weighted by molar-refractivity contribution is 0.0953. The number of para-hydroxylation sites is 1. The molecule has 0 aromatic heterocycles. The quantitative estimate of drug-likeness (QED) is 0.125. The Hall–Kier alpha value is -4.05. The molecule has 3 aromatic rings. The van der Waals surface area contributed by atoms with Gasteiger partial charge >= 0.3 is 0 Å². The fourth-order valence-corrected chi connectivity index (χ4v) is 5.35. The number of allylic oxidation sites excluding steroid dienone is 2. The number of aryl methyl sites for hydroxylation is 2. The Morgan fingerprint density at radius 2 is 1.45 bits per heavy atom. The molecule has 4 nitrogen and oxygen atoms in total. The molecule has 1 amide bonds. The third kappa shape index (κ3) is 15.8. The lowest BCUT2D eigenvalue weighted by Gasteiger charge is -2.25. The molecule has 0 heterocycles. The van der Waals surface area contributed by atoms with Crippen molar-refractivity contribution in [3.05, 3.63) is 119 Å². The number of benzene rings is 3. The Bertz CT molecular complexity index is 1450. The van der Waals surface area contributed by atoms with Gasteiger partial charge in [-0.2, -0.15) is 0 Å². The number of unbranched alkanes of at least 4 members (excludes halogenated alkanes) is 2. The van der Waals surface area contributed by atoms with E-state index in [9.17, 15) is 4.79 Å². The lowest BCUT2D eigenvalue weighted by atomic mass is 10.0. The number of anilines is 2. The number of hydrogen-bond acceptors (Lipinski definition) is 3. The maximum Gasteiger partial charge on any atom is 0.251 e. The highest BCUT2D eigenvalue weighted by molar-refractivity contribution is 5.96. The van der Waals surface area contributed by atoms with E-state index in [2.05, 4.69) is 125 Å². The molecule has 0 saturated heterocycles. The molecule has 49 heavy (non-hydrogen) atoms. The molecule has 0 fully saturated rings. The van der Waals surface area contributed by atoms with Crippen molar-refractivity contribution in [1.82, 2.24) is 5.32 Å². The molecule has 1 aliphatic carbocycles. The fourth-order valence-electron chi connectivity index (χ4n) is 5.35. The van der Waals surface area contributed by atoms with Crippen molar-refractivity contribution < 1.29 is 4.79 Å². The van der Waals surface area contributed by atoms with Crippen LogP contribution in [0.2, 0.25) is 0 Å². The van der Waals surface area contributed by atoms with Crippen LogP contribution in [0.3, 0.4) is 0 Å². The van der Waals surface area contributed by atoms with Crippen LogP contribution < -0.4 is 15.5 Å². The second-order valence-corrected chi connectivity index (χ2v) is 12.6. The van der Waals surface area contributed by atoms with Gasteiger partial charge in [-0.05, 0) is 111 Å². The summed E-state index contributed by atoms with van der Waals surface area (Å²) in [6, 6.07) is 20.8. The van der Waals surface area contributed by atoms with E-state index in [4.69, 9.17) is 0 Å². The van der Waals surface area contributed by atoms with Crippen LogP contribution in [0.5, 0.6) is 0 Å². The van der Waals surface area contributed by atoms with Crippen LogP contribution >= 0.6 is 0 Å². The molecule has 0 atom stereocenters. The number of fused-ring (bicyclic) bond motifs is 1. The van der Waals surface area contributed by atoms with Crippen LogP contribution in [-0.4, -0.2) is 25.5 Å². The SMILES string of the molecule is C=C(C)CCCC.C=C(Nc1cc(C(=O)NCCCC)ccc1C)c1ccc2c(c1)CC=C2.CC.CCCN(CCC)c1ccccc1C. The van der Waals surface area contributed by atoms with Gasteiger partial charge in [0.1, 0.15) is 0 Å². The molecule has 0 saturated carbocycles. The van der Waals surface area contributed by atoms with E-state index in [1.807, 2.05) is 39.0 Å². The zero-order valence-corrected chi connectivity index (χ0v) is 32.5. The Kier molecular flexibility index (Phi) is 21.9. The molecule has 0 aliphatic heterocycles. The second kappa shape index (κ2) is 25.0. The summed E-state index contributed by atoms with van der Waals surface area (Å²) in [4.78, 5) is 14.8. The Balaban J connectivity index is 0.000000436. The number of amides is 1. The van der Waals surface area contributed by atoms with Crippen LogP contribution in [0.1, 0.15) is 132 Å². The number of nitrogens with one attached hydrogen (secondary N) is 2. The Morgan fingerprint density at radius 3 is 2.04 bits per heavy atom. The van der Waals surface area contributed by atoms with Gasteiger partial charge in [-0.1, -0.05) is 115 Å². The minimum Gasteiger partial charge on any atom is -0.371 e. The van der Waals surface area contributed by atoms with E-state index in [-0.39, 0.29) is 5.91 Å². The van der Waals surface area contributed by atoms with Gasteiger partial charge in [-0.25, -0.2) is 0 Å². The predicted octanol–water partition coefficient (Wildman–Crippen LogP) is 12.6. The van der Waals surface area contributed by atoms with Crippen molar-refractivity contribution in [3.8, 4) is 0 Å². The minimum atomic E-state index is -0.0317. The van der Waals surface area contributed by atoms with E-state index in [1.165, 1.54) is 73.1 Å². The highest BCUT2D eigenvalue weighted by atomic mass is 16.1. The summed E-state index contributed by atoms with van der Waals surface area (Å²) in [6.45, 7) is 30.1. The summed E-state index contributed by atoms with van der Waals surface area (Å²) < 4.78 is 0. The molecule has 0 radical (unpaired) electrons. The normalized spacial score (nSPS) is 10.6. The summed E-state index contributed by atoms with van der Waals surface area (Å²) in [7, 11) is 0. The third-order valence-electron chi connectivity index (χ3n) is 8.13. The number of hydrogen-bond donors (Lipinski definition) is 2. The molecule has 4 rings (SSSR count). The molecule has 0 spiro atoms. The van der Waals surface area contributed by atoms with Gasteiger partial charge in [0, 0.05) is 42.3 Å². The van der Waals surface area contributed by atoms with E-state index >= 15 is 0 Å². The predicted molar refractivity (Wildman–Crippen MR) is 220 cm³/mol. The molecule has 4 heteroatoms. The molecule has 0 unspecified atom stereocenters. The van der Waals surface area contributed by atoms with Gasteiger partial charge in [0.05, 0.1) is 0 Å². The highest BCUT2D eigenvalue weighted by Crippen LogP contribution is 2.26. The monoisotopic (exact) mass is 666 g/mol. The van der Waals surface area contributed by atoms with Crippen LogP contribution in [0.4, 0.5) is 11.4 Å². The first kappa shape index (κ1) is 43.0. The van der Waals surface area contributed by atoms with Crippen molar-refractivity contribution in [2.45, 2.75) is 114 Å². The molecule has 2 N–H and O–H groups in total. The van der Waals surface area contributed by atoms with Crippen molar-refractivity contribution in [1.29, 1.82) is 0 Å². The number of nitrogens with zero attached hydrogens (tertiary/aromatic N) is 1. The van der Waals surface area contributed by atoms with Gasteiger partial charge < -0.3 is 15.5 Å². The van der Waals surface area contributed by atoms with Crippen molar-refractivity contribution >= 4 is 29.1 Å². The Morgan fingerprint density at radius 1 is 0.796 bits per heavy atom. The largest absolute Gasteiger partial charge is 0.371 e.